The molecule has 11 heteroatoms. The van der Waals surface area contributed by atoms with E-state index in [2.05, 4.69) is 19.0 Å². The Morgan fingerprint density at radius 2 is 1.94 bits per heavy atom. The van der Waals surface area contributed by atoms with Crippen LogP contribution < -0.4 is 4.74 Å². The number of carboxylic acid groups (broad SMARTS) is 1. The van der Waals surface area contributed by atoms with Crippen LogP contribution in [0.5, 0.6) is 5.75 Å². The van der Waals surface area contributed by atoms with Gasteiger partial charge in [-0.2, -0.15) is 11.8 Å². The topological polar surface area (TPSA) is 105 Å². The molecule has 1 aromatic carbocycles. The lowest BCUT2D eigenvalue weighted by Crippen LogP contribution is -2.26. The maximum atomic E-state index is 12.4. The Bertz CT molecular complexity index is 996. The minimum atomic E-state index is -1.16. The van der Waals surface area contributed by atoms with Crippen molar-refractivity contribution in [3.63, 3.8) is 0 Å². The highest BCUT2D eigenvalue weighted by Gasteiger charge is 2.31. The van der Waals surface area contributed by atoms with E-state index in [0.29, 0.717) is 35.8 Å². The van der Waals surface area contributed by atoms with Crippen molar-refractivity contribution in [1.29, 1.82) is 0 Å². The first kappa shape index (κ1) is 32.2. The van der Waals surface area contributed by atoms with Gasteiger partial charge in [0.15, 0.2) is 11.5 Å². The van der Waals surface area contributed by atoms with Crippen LogP contribution in [0.1, 0.15) is 56.8 Å². The number of nitrogens with zero attached hydrogens (tertiary/aromatic N) is 1. The van der Waals surface area contributed by atoms with Gasteiger partial charge in [0.05, 0.1) is 28.4 Å². The first-order valence-electron chi connectivity index (χ1n) is 11.4. The second kappa shape index (κ2) is 16.8. The van der Waals surface area contributed by atoms with E-state index in [1.165, 1.54) is 24.8 Å². The monoisotopic (exact) mass is 579 g/mol. The Morgan fingerprint density at radius 1 is 1.28 bits per heavy atom. The molecular formula is C25H32Cl3NO6S. The predicted octanol–water partition coefficient (Wildman–Crippen LogP) is 7.54. The molecule has 2 N–H and O–H groups in total. The van der Waals surface area contributed by atoms with Crippen molar-refractivity contribution in [3.05, 3.63) is 50.7 Å². The second-order valence-electron chi connectivity index (χ2n) is 7.81. The number of carbonyl (C=O) groups excluding carboxylic acids is 1. The summed E-state index contributed by atoms with van der Waals surface area (Å²) in [5.74, 6) is 0.307. The number of hydrogen-bond acceptors (Lipinski definition) is 7. The number of rotatable bonds is 11. The maximum Gasteiger partial charge on any atom is 0.341 e. The van der Waals surface area contributed by atoms with E-state index < -0.39 is 5.97 Å². The number of aliphatic hydroxyl groups excluding tert-OH is 1. The zero-order chi connectivity index (χ0) is 27.3. The fraction of sp³-hybridized carbons (Fsp3) is 0.480. The van der Waals surface area contributed by atoms with Gasteiger partial charge in [0.2, 0.25) is 0 Å². The molecule has 0 saturated carbocycles. The number of Topliss-reactive ketones (excluding diaryl/α,β-unsaturated/α-hetero) is 1. The average molecular weight is 581 g/mol. The fourth-order valence-electron chi connectivity index (χ4n) is 3.70. The van der Waals surface area contributed by atoms with Crippen LogP contribution in [-0.2, 0) is 9.63 Å². The molecule has 0 spiro atoms. The first-order chi connectivity index (χ1) is 17.1. The van der Waals surface area contributed by atoms with Crippen molar-refractivity contribution >= 4 is 64.0 Å². The molecule has 2 unspecified atom stereocenters. The molecule has 2 atom stereocenters. The molecule has 0 bridgehead atoms. The zero-order valence-corrected chi connectivity index (χ0v) is 23.8. The van der Waals surface area contributed by atoms with Crippen molar-refractivity contribution in [2.75, 3.05) is 19.5 Å². The number of ether oxygens (including phenoxy) is 1. The molecule has 7 nitrogen and oxygen atoms in total. The summed E-state index contributed by atoms with van der Waals surface area (Å²) in [4.78, 5) is 28.3. The quantitative estimate of drug-likeness (QED) is 0.158. The van der Waals surface area contributed by atoms with E-state index in [0.717, 1.165) is 12.2 Å². The smallest absolute Gasteiger partial charge is 0.341 e. The van der Waals surface area contributed by atoms with Gasteiger partial charge in [-0.1, -0.05) is 60.7 Å². The lowest BCUT2D eigenvalue weighted by atomic mass is 9.82. The molecule has 1 aromatic rings. The number of carbonyl (C=O) groups is 2. The lowest BCUT2D eigenvalue weighted by molar-refractivity contribution is -0.116. The molecule has 1 aliphatic carbocycles. The van der Waals surface area contributed by atoms with Gasteiger partial charge in [0.25, 0.3) is 0 Å². The summed E-state index contributed by atoms with van der Waals surface area (Å²) < 4.78 is 4.82. The molecule has 0 fully saturated rings. The molecular weight excluding hydrogens is 549 g/mol. The van der Waals surface area contributed by atoms with E-state index in [1.807, 2.05) is 18.7 Å². The van der Waals surface area contributed by atoms with Crippen LogP contribution in [0.3, 0.4) is 0 Å². The van der Waals surface area contributed by atoms with Crippen molar-refractivity contribution in [3.8, 4) is 5.75 Å². The Hall–Kier alpha value is -1.87. The summed E-state index contributed by atoms with van der Waals surface area (Å²) in [7, 11) is 1.34. The SMILES string of the molecule is CCSC(C)CC1CC(=O)C(/C(CC)=N/OC/C=C/Cl)=C(O)C1.COc1c(Cl)ccc(Cl)c1C(=O)O. The molecule has 1 aliphatic rings. The van der Waals surface area contributed by atoms with Crippen molar-refractivity contribution in [2.24, 2.45) is 11.1 Å². The van der Waals surface area contributed by atoms with Crippen LogP contribution in [0.25, 0.3) is 0 Å². The number of allylic oxidation sites excluding steroid dienone is 2. The molecule has 0 aliphatic heterocycles. The van der Waals surface area contributed by atoms with Crippen LogP contribution in [0.15, 0.2) is 40.2 Å². The van der Waals surface area contributed by atoms with Crippen LogP contribution in [0, 0.1) is 5.92 Å². The molecule has 0 saturated heterocycles. The normalized spacial score (nSPS) is 17.0. The van der Waals surface area contributed by atoms with E-state index >= 15 is 0 Å². The predicted molar refractivity (Wildman–Crippen MR) is 148 cm³/mol. The summed E-state index contributed by atoms with van der Waals surface area (Å²) in [5.41, 5.74) is 2.08. The third kappa shape index (κ3) is 9.88. The van der Waals surface area contributed by atoms with Gasteiger partial charge in [-0.3, -0.25) is 4.79 Å². The summed E-state index contributed by atoms with van der Waals surface area (Å²) in [5, 5.41) is 23.9. The van der Waals surface area contributed by atoms with Crippen LogP contribution in [-0.4, -0.2) is 52.4 Å². The molecule has 0 heterocycles. The van der Waals surface area contributed by atoms with Crippen LogP contribution >= 0.6 is 46.6 Å². The number of aromatic carboxylic acids is 1. The van der Waals surface area contributed by atoms with E-state index in [-0.39, 0.29) is 45.4 Å². The van der Waals surface area contributed by atoms with Crippen molar-refractivity contribution in [1.82, 2.24) is 0 Å². The number of hydrogen-bond donors (Lipinski definition) is 2. The molecule has 36 heavy (non-hydrogen) atoms. The highest BCUT2D eigenvalue weighted by molar-refractivity contribution is 7.99. The maximum absolute atomic E-state index is 12.4. The number of thioether (sulfide) groups is 1. The minimum Gasteiger partial charge on any atom is -0.511 e. The average Bonchev–Trinajstić information content (AvgIpc) is 2.81. The van der Waals surface area contributed by atoms with Crippen molar-refractivity contribution < 1.29 is 29.4 Å². The van der Waals surface area contributed by atoms with Gasteiger partial charge < -0.3 is 19.8 Å². The molecule has 0 radical (unpaired) electrons. The molecule has 0 aromatic heterocycles. The van der Waals surface area contributed by atoms with Crippen molar-refractivity contribution in [2.45, 2.75) is 51.7 Å². The zero-order valence-electron chi connectivity index (χ0n) is 20.7. The fourth-order valence-corrected chi connectivity index (χ4v) is 5.22. The van der Waals surface area contributed by atoms with Gasteiger partial charge in [-0.25, -0.2) is 4.79 Å². The van der Waals surface area contributed by atoms with Gasteiger partial charge in [0, 0.05) is 23.6 Å². The summed E-state index contributed by atoms with van der Waals surface area (Å²) in [6, 6.07) is 2.89. The minimum absolute atomic E-state index is 0.0375. The van der Waals surface area contributed by atoms with Gasteiger partial charge in [-0.05, 0) is 42.7 Å². The number of carboxylic acids is 1. The standard InChI is InChI=1S/C17H26ClNO3S.C8H6Cl2O3/c1-4-14(19-22-8-6-7-18)17-15(20)10-13(11-16(17)21)9-12(3)23-5-2;1-13-7-5(10)3-2-4(9)6(7)8(11)12/h6-7,12-13,20H,4-5,8-11H2,1-3H3;2-3H,1H3,(H,11,12)/b7-6+,19-14+;. The number of methoxy groups -OCH3 is 1. The van der Waals surface area contributed by atoms with Gasteiger partial charge >= 0.3 is 5.97 Å². The molecule has 200 valence electrons. The molecule has 2 rings (SSSR count). The Balaban J connectivity index is 0.000000420. The first-order valence-corrected chi connectivity index (χ1v) is 13.6. The Labute approximate surface area is 231 Å². The summed E-state index contributed by atoms with van der Waals surface area (Å²) in [6.45, 7) is 6.43. The number of oxime groups is 1. The Morgan fingerprint density at radius 3 is 2.44 bits per heavy atom. The molecule has 0 amide bonds. The van der Waals surface area contributed by atoms with E-state index in [4.69, 9.17) is 49.5 Å². The van der Waals surface area contributed by atoms with Crippen LogP contribution in [0.4, 0.5) is 0 Å². The lowest BCUT2D eigenvalue weighted by Gasteiger charge is -2.25. The number of benzene rings is 1. The van der Waals surface area contributed by atoms with Gasteiger partial charge in [0.1, 0.15) is 17.9 Å². The second-order valence-corrected chi connectivity index (χ2v) is 10.6. The third-order valence-electron chi connectivity index (χ3n) is 5.17. The Kier molecular flexibility index (Phi) is 15.0. The number of halogens is 3. The van der Waals surface area contributed by atoms with E-state index in [1.54, 1.807) is 6.08 Å². The highest BCUT2D eigenvalue weighted by Crippen LogP contribution is 2.34. The highest BCUT2D eigenvalue weighted by atomic mass is 35.5. The van der Waals surface area contributed by atoms with Crippen LogP contribution in [0.2, 0.25) is 10.0 Å². The largest absolute Gasteiger partial charge is 0.511 e. The summed E-state index contributed by atoms with van der Waals surface area (Å²) in [6.07, 6.45) is 4.09. The number of aliphatic hydroxyl groups is 1. The summed E-state index contributed by atoms with van der Waals surface area (Å²) >= 11 is 18.7. The van der Waals surface area contributed by atoms with Gasteiger partial charge in [-0.15, -0.1) is 0 Å². The third-order valence-corrected chi connectivity index (χ3v) is 7.06. The van der Waals surface area contributed by atoms with E-state index in [9.17, 15) is 14.7 Å². The number of ketones is 1.